The minimum atomic E-state index is -3.89. The molecule has 0 atom stereocenters. The summed E-state index contributed by atoms with van der Waals surface area (Å²) in [5, 5.41) is 12.8. The molecular formula is C12H15N3O2S2. The lowest BCUT2D eigenvalue weighted by Gasteiger charge is -2.17. The van der Waals surface area contributed by atoms with E-state index in [2.05, 4.69) is 0 Å². The first-order valence-electron chi connectivity index (χ1n) is 5.68. The molecule has 1 aliphatic heterocycles. The van der Waals surface area contributed by atoms with E-state index in [1.807, 2.05) is 17.8 Å². The van der Waals surface area contributed by atoms with Crippen LogP contribution in [0.1, 0.15) is 17.5 Å². The van der Waals surface area contributed by atoms with Crippen LogP contribution in [0, 0.1) is 5.41 Å². The van der Waals surface area contributed by atoms with Crippen LogP contribution in [-0.2, 0) is 10.0 Å². The molecule has 1 aromatic carbocycles. The summed E-state index contributed by atoms with van der Waals surface area (Å²) >= 11 is 1.81. The van der Waals surface area contributed by atoms with Crippen molar-refractivity contribution < 1.29 is 8.42 Å². The summed E-state index contributed by atoms with van der Waals surface area (Å²) in [4.78, 5) is -0.0865. The van der Waals surface area contributed by atoms with Crippen molar-refractivity contribution in [3.05, 3.63) is 35.4 Å². The van der Waals surface area contributed by atoms with Crippen molar-refractivity contribution in [2.75, 3.05) is 11.5 Å². The molecule has 0 radical (unpaired) electrons. The zero-order valence-electron chi connectivity index (χ0n) is 10.2. The fraction of sp³-hybridized carbons (Fsp3) is 0.250. The number of thioether (sulfide) groups is 1. The molecule has 0 bridgehead atoms. The molecule has 0 fully saturated rings. The van der Waals surface area contributed by atoms with Crippen LogP contribution in [0.25, 0.3) is 5.57 Å². The average Bonchev–Trinajstić information content (AvgIpc) is 2.37. The molecule has 1 aromatic rings. The third kappa shape index (κ3) is 2.99. The van der Waals surface area contributed by atoms with Gasteiger partial charge in [-0.1, -0.05) is 18.2 Å². The molecule has 1 heterocycles. The molecule has 5 N–H and O–H groups in total. The second kappa shape index (κ2) is 5.36. The fourth-order valence-corrected chi connectivity index (χ4v) is 3.71. The van der Waals surface area contributed by atoms with E-state index in [1.54, 1.807) is 12.1 Å². The smallest absolute Gasteiger partial charge is 0.238 e. The summed E-state index contributed by atoms with van der Waals surface area (Å²) in [6.07, 6.45) is 2.88. The van der Waals surface area contributed by atoms with Gasteiger partial charge in [0.05, 0.1) is 4.90 Å². The summed E-state index contributed by atoms with van der Waals surface area (Å²) in [5.41, 5.74) is 7.48. The number of allylic oxidation sites excluding steroid dienone is 1. The lowest BCUT2D eigenvalue weighted by Crippen LogP contribution is -2.22. The van der Waals surface area contributed by atoms with Crippen molar-refractivity contribution in [1.82, 2.24) is 0 Å². The number of nitrogen functional groups attached to an aromatic ring is 1. The van der Waals surface area contributed by atoms with Crippen molar-refractivity contribution in [2.45, 2.75) is 11.3 Å². The third-order valence-corrected chi connectivity index (χ3v) is 4.76. The van der Waals surface area contributed by atoms with Crippen molar-refractivity contribution in [2.24, 2.45) is 10.9 Å². The number of hydrogen-bond donors (Lipinski definition) is 3. The van der Waals surface area contributed by atoms with E-state index >= 15 is 0 Å². The lowest BCUT2D eigenvalue weighted by molar-refractivity contribution is 0.597. The number of nitrogens with two attached hydrogens (primary N) is 2. The van der Waals surface area contributed by atoms with Crippen molar-refractivity contribution in [3.8, 4) is 0 Å². The number of rotatable bonds is 3. The predicted molar refractivity (Wildman–Crippen MR) is 78.8 cm³/mol. The molecule has 102 valence electrons. The van der Waals surface area contributed by atoms with Crippen LogP contribution >= 0.6 is 11.8 Å². The average molecular weight is 297 g/mol. The van der Waals surface area contributed by atoms with E-state index in [-0.39, 0.29) is 16.3 Å². The SMILES string of the molecule is N=C(N)c1c(C2=CCSCC2)cccc1S(N)(=O)=O. The van der Waals surface area contributed by atoms with Crippen molar-refractivity contribution in [3.63, 3.8) is 0 Å². The van der Waals surface area contributed by atoms with Crippen LogP contribution in [0.5, 0.6) is 0 Å². The molecule has 19 heavy (non-hydrogen) atoms. The summed E-state index contributed by atoms with van der Waals surface area (Å²) in [5.74, 6) is 1.58. The zero-order chi connectivity index (χ0) is 14.0. The van der Waals surface area contributed by atoms with Gasteiger partial charge in [-0.3, -0.25) is 5.41 Å². The van der Waals surface area contributed by atoms with E-state index in [1.165, 1.54) is 6.07 Å². The fourth-order valence-electron chi connectivity index (χ4n) is 2.09. The van der Waals surface area contributed by atoms with Crippen LogP contribution in [0.2, 0.25) is 0 Å². The minimum absolute atomic E-state index is 0.0865. The van der Waals surface area contributed by atoms with Gasteiger partial charge in [0.2, 0.25) is 10.0 Å². The van der Waals surface area contributed by atoms with Gasteiger partial charge in [0, 0.05) is 11.3 Å². The van der Waals surface area contributed by atoms with Gasteiger partial charge in [-0.15, -0.1) is 0 Å². The summed E-state index contributed by atoms with van der Waals surface area (Å²) in [6.45, 7) is 0. The second-order valence-corrected chi connectivity index (χ2v) is 6.87. The Morgan fingerprint density at radius 2 is 2.11 bits per heavy atom. The summed E-state index contributed by atoms with van der Waals surface area (Å²) < 4.78 is 23.2. The van der Waals surface area contributed by atoms with E-state index in [4.69, 9.17) is 16.3 Å². The molecule has 0 saturated carbocycles. The number of nitrogens with one attached hydrogen (secondary N) is 1. The Hall–Kier alpha value is -1.31. The standard InChI is InChI=1S/C12H15N3O2S2/c13-12(14)11-9(8-4-6-18-7-5-8)2-1-3-10(11)19(15,16)17/h1-4H,5-7H2,(H3,13,14)(H2,15,16,17). The molecule has 0 spiro atoms. The van der Waals surface area contributed by atoms with Gasteiger partial charge in [0.25, 0.3) is 0 Å². The number of amidine groups is 1. The normalized spacial score (nSPS) is 15.9. The highest BCUT2D eigenvalue weighted by Gasteiger charge is 2.21. The number of benzene rings is 1. The van der Waals surface area contributed by atoms with E-state index < -0.39 is 10.0 Å². The molecule has 2 rings (SSSR count). The molecular weight excluding hydrogens is 282 g/mol. The predicted octanol–water partition coefficient (Wildman–Crippen LogP) is 1.14. The van der Waals surface area contributed by atoms with Crippen LogP contribution in [-0.4, -0.2) is 25.8 Å². The highest BCUT2D eigenvalue weighted by Crippen LogP contribution is 2.30. The van der Waals surface area contributed by atoms with Crippen LogP contribution in [0.3, 0.4) is 0 Å². The Balaban J connectivity index is 2.68. The van der Waals surface area contributed by atoms with E-state index in [0.717, 1.165) is 23.5 Å². The van der Waals surface area contributed by atoms with Gasteiger partial charge < -0.3 is 5.73 Å². The van der Waals surface area contributed by atoms with Gasteiger partial charge in [0.1, 0.15) is 5.84 Å². The molecule has 5 nitrogen and oxygen atoms in total. The Morgan fingerprint density at radius 3 is 2.63 bits per heavy atom. The lowest BCUT2D eigenvalue weighted by atomic mass is 9.97. The Labute approximate surface area is 116 Å². The molecule has 7 heteroatoms. The van der Waals surface area contributed by atoms with Crippen molar-refractivity contribution >= 4 is 33.2 Å². The molecule has 1 aliphatic rings. The van der Waals surface area contributed by atoms with E-state index in [9.17, 15) is 8.42 Å². The second-order valence-electron chi connectivity index (χ2n) is 4.19. The highest BCUT2D eigenvalue weighted by atomic mass is 32.2. The topological polar surface area (TPSA) is 110 Å². The van der Waals surface area contributed by atoms with Gasteiger partial charge in [-0.25, -0.2) is 13.6 Å². The molecule has 0 aromatic heterocycles. The Morgan fingerprint density at radius 1 is 1.37 bits per heavy atom. The monoisotopic (exact) mass is 297 g/mol. The van der Waals surface area contributed by atoms with Gasteiger partial charge in [0.15, 0.2) is 0 Å². The molecule has 0 aliphatic carbocycles. The van der Waals surface area contributed by atoms with Gasteiger partial charge >= 0.3 is 0 Å². The number of sulfonamides is 1. The molecule has 0 saturated heterocycles. The third-order valence-electron chi connectivity index (χ3n) is 2.91. The number of primary sulfonamides is 1. The maximum Gasteiger partial charge on any atom is 0.238 e. The Bertz CT molecular complexity index is 651. The zero-order valence-corrected chi connectivity index (χ0v) is 11.9. The molecule has 0 unspecified atom stereocenters. The quantitative estimate of drug-likeness (QED) is 0.574. The first-order chi connectivity index (χ1) is 8.91. The maximum atomic E-state index is 11.6. The van der Waals surface area contributed by atoms with Crippen LogP contribution in [0.15, 0.2) is 29.2 Å². The van der Waals surface area contributed by atoms with Gasteiger partial charge in [-0.05, 0) is 29.4 Å². The minimum Gasteiger partial charge on any atom is -0.384 e. The van der Waals surface area contributed by atoms with Crippen LogP contribution < -0.4 is 10.9 Å². The number of hydrogen-bond acceptors (Lipinski definition) is 4. The largest absolute Gasteiger partial charge is 0.384 e. The van der Waals surface area contributed by atoms with E-state index in [0.29, 0.717) is 5.56 Å². The van der Waals surface area contributed by atoms with Crippen LogP contribution in [0.4, 0.5) is 0 Å². The van der Waals surface area contributed by atoms with Crippen molar-refractivity contribution in [1.29, 1.82) is 5.41 Å². The first kappa shape index (κ1) is 14.1. The maximum absolute atomic E-state index is 11.6. The molecule has 0 amide bonds. The summed E-state index contributed by atoms with van der Waals surface area (Å²) in [6, 6.07) is 4.80. The first-order valence-corrected chi connectivity index (χ1v) is 8.38. The Kier molecular flexibility index (Phi) is 3.98. The van der Waals surface area contributed by atoms with Gasteiger partial charge in [-0.2, -0.15) is 11.8 Å². The highest BCUT2D eigenvalue weighted by molar-refractivity contribution is 7.99. The summed E-state index contributed by atoms with van der Waals surface area (Å²) in [7, 11) is -3.89.